The van der Waals surface area contributed by atoms with Crippen LogP contribution in [-0.2, 0) is 14.8 Å². The summed E-state index contributed by atoms with van der Waals surface area (Å²) >= 11 is 1.25. The van der Waals surface area contributed by atoms with Crippen molar-refractivity contribution in [2.75, 3.05) is 31.9 Å². The Morgan fingerprint density at radius 1 is 1.36 bits per heavy atom. The third-order valence-electron chi connectivity index (χ3n) is 5.01. The van der Waals surface area contributed by atoms with Crippen molar-refractivity contribution in [2.24, 2.45) is 5.92 Å². The van der Waals surface area contributed by atoms with Crippen molar-refractivity contribution < 1.29 is 17.6 Å². The monoisotopic (exact) mass is 425 g/mol. The molecule has 7 nitrogen and oxygen atoms in total. The SMILES string of the molecule is CCN(CC)S(=O)(=O)c1ccc2oc(SCC(=O)N3CCC[C@H](C)C3)nc2c1. The molecule has 28 heavy (non-hydrogen) atoms. The van der Waals surface area contributed by atoms with E-state index < -0.39 is 10.0 Å². The molecular weight excluding hydrogens is 398 g/mol. The van der Waals surface area contributed by atoms with Gasteiger partial charge in [-0.3, -0.25) is 4.79 Å². The van der Waals surface area contributed by atoms with E-state index in [0.29, 0.717) is 35.3 Å². The number of rotatable bonds is 7. The highest BCUT2D eigenvalue weighted by atomic mass is 32.2. The van der Waals surface area contributed by atoms with Gasteiger partial charge < -0.3 is 9.32 Å². The van der Waals surface area contributed by atoms with E-state index in [0.717, 1.165) is 19.5 Å². The number of nitrogens with zero attached hydrogens (tertiary/aromatic N) is 3. The lowest BCUT2D eigenvalue weighted by atomic mass is 10.0. The fourth-order valence-electron chi connectivity index (χ4n) is 3.45. The zero-order valence-corrected chi connectivity index (χ0v) is 18.2. The van der Waals surface area contributed by atoms with E-state index in [4.69, 9.17) is 4.42 Å². The number of benzene rings is 1. The van der Waals surface area contributed by atoms with E-state index in [1.165, 1.54) is 34.6 Å². The van der Waals surface area contributed by atoms with Gasteiger partial charge in [-0.2, -0.15) is 4.31 Å². The van der Waals surface area contributed by atoms with Crippen LogP contribution >= 0.6 is 11.8 Å². The smallest absolute Gasteiger partial charge is 0.257 e. The van der Waals surface area contributed by atoms with Gasteiger partial charge in [0.1, 0.15) is 5.52 Å². The van der Waals surface area contributed by atoms with Gasteiger partial charge in [0, 0.05) is 26.2 Å². The molecule has 9 heteroatoms. The maximum atomic E-state index is 12.7. The summed E-state index contributed by atoms with van der Waals surface area (Å²) in [5, 5.41) is 0.380. The number of thioether (sulfide) groups is 1. The van der Waals surface area contributed by atoms with Crippen molar-refractivity contribution in [3.8, 4) is 0 Å². The topological polar surface area (TPSA) is 83.7 Å². The summed E-state index contributed by atoms with van der Waals surface area (Å²) in [6, 6.07) is 4.69. The van der Waals surface area contributed by atoms with Crippen LogP contribution in [0.4, 0.5) is 0 Å². The molecule has 1 fully saturated rings. The second kappa shape index (κ2) is 8.84. The van der Waals surface area contributed by atoms with Gasteiger partial charge in [0.25, 0.3) is 5.22 Å². The Hall–Kier alpha value is -1.58. The van der Waals surface area contributed by atoms with Gasteiger partial charge >= 0.3 is 0 Å². The lowest BCUT2D eigenvalue weighted by molar-refractivity contribution is -0.130. The Labute approximate surface area is 170 Å². The molecule has 0 aliphatic carbocycles. The Bertz CT molecular complexity index is 938. The predicted octanol–water partition coefficient (Wildman–Crippen LogP) is 3.21. The van der Waals surface area contributed by atoms with Crippen molar-refractivity contribution >= 4 is 38.8 Å². The van der Waals surface area contributed by atoms with E-state index >= 15 is 0 Å². The molecule has 0 saturated carbocycles. The molecule has 0 N–H and O–H groups in total. The molecular formula is C19H27N3O4S2. The molecule has 1 aromatic carbocycles. The molecule has 1 amide bonds. The van der Waals surface area contributed by atoms with Gasteiger partial charge in [0.2, 0.25) is 15.9 Å². The zero-order valence-electron chi connectivity index (χ0n) is 16.6. The summed E-state index contributed by atoms with van der Waals surface area (Å²) in [6.07, 6.45) is 2.21. The van der Waals surface area contributed by atoms with Crippen LogP contribution in [0.5, 0.6) is 0 Å². The summed E-state index contributed by atoms with van der Waals surface area (Å²) < 4.78 is 32.4. The van der Waals surface area contributed by atoms with Crippen LogP contribution in [0.15, 0.2) is 32.7 Å². The summed E-state index contributed by atoms with van der Waals surface area (Å²) in [6.45, 7) is 8.22. The molecule has 0 spiro atoms. The van der Waals surface area contributed by atoms with Crippen LogP contribution < -0.4 is 0 Å². The van der Waals surface area contributed by atoms with Crippen molar-refractivity contribution in [1.29, 1.82) is 0 Å². The van der Waals surface area contributed by atoms with Crippen molar-refractivity contribution in [2.45, 2.75) is 43.7 Å². The fraction of sp³-hybridized carbons (Fsp3) is 0.579. The molecule has 154 valence electrons. The second-order valence-corrected chi connectivity index (χ2v) is 9.94. The first-order chi connectivity index (χ1) is 13.3. The van der Waals surface area contributed by atoms with Crippen LogP contribution in [-0.4, -0.2) is 60.4 Å². The van der Waals surface area contributed by atoms with Crippen LogP contribution in [0.2, 0.25) is 0 Å². The number of amides is 1. The van der Waals surface area contributed by atoms with Gasteiger partial charge in [-0.05, 0) is 37.0 Å². The average Bonchev–Trinajstić information content (AvgIpc) is 3.09. The third kappa shape index (κ3) is 4.52. The Morgan fingerprint density at radius 2 is 2.11 bits per heavy atom. The lowest BCUT2D eigenvalue weighted by Gasteiger charge is -2.30. The van der Waals surface area contributed by atoms with Gasteiger partial charge in [-0.25, -0.2) is 13.4 Å². The summed E-state index contributed by atoms with van der Waals surface area (Å²) in [4.78, 5) is 18.9. The Morgan fingerprint density at radius 3 is 2.79 bits per heavy atom. The average molecular weight is 426 g/mol. The Balaban J connectivity index is 1.71. The molecule has 3 rings (SSSR count). The molecule has 0 bridgehead atoms. The summed E-state index contributed by atoms with van der Waals surface area (Å²) in [5.74, 6) is 0.895. The Kier molecular flexibility index (Phi) is 6.67. The maximum Gasteiger partial charge on any atom is 0.257 e. The first kappa shape index (κ1) is 21.1. The second-order valence-electron chi connectivity index (χ2n) is 7.07. The van der Waals surface area contributed by atoms with E-state index in [2.05, 4.69) is 11.9 Å². The maximum absolute atomic E-state index is 12.7. The highest BCUT2D eigenvalue weighted by Gasteiger charge is 2.24. The van der Waals surface area contributed by atoms with Crippen molar-refractivity contribution in [3.05, 3.63) is 18.2 Å². The first-order valence-electron chi connectivity index (χ1n) is 9.66. The standard InChI is InChI=1S/C19H27N3O4S2/c1-4-22(5-2)28(24,25)15-8-9-17-16(11-15)20-19(26-17)27-13-18(23)21-10-6-7-14(3)12-21/h8-9,11,14H,4-7,10,12-13H2,1-3H3/t14-/m0/s1. The molecule has 0 radical (unpaired) electrons. The third-order valence-corrected chi connectivity index (χ3v) is 7.87. The minimum absolute atomic E-state index is 0.0867. The van der Waals surface area contributed by atoms with E-state index in [9.17, 15) is 13.2 Å². The van der Waals surface area contributed by atoms with E-state index in [1.807, 2.05) is 18.7 Å². The van der Waals surface area contributed by atoms with Crippen molar-refractivity contribution in [3.63, 3.8) is 0 Å². The minimum Gasteiger partial charge on any atom is -0.431 e. The van der Waals surface area contributed by atoms with Crippen LogP contribution in [0.1, 0.15) is 33.6 Å². The van der Waals surface area contributed by atoms with Crippen molar-refractivity contribution in [1.82, 2.24) is 14.2 Å². The molecule has 2 aromatic rings. The quantitative estimate of drug-likeness (QED) is 0.634. The molecule has 1 aliphatic rings. The van der Waals surface area contributed by atoms with E-state index in [-0.39, 0.29) is 16.6 Å². The number of carbonyl (C=O) groups is 1. The number of hydrogen-bond donors (Lipinski definition) is 0. The van der Waals surface area contributed by atoms with Gasteiger partial charge in [0.15, 0.2) is 5.58 Å². The highest BCUT2D eigenvalue weighted by molar-refractivity contribution is 7.99. The molecule has 1 aliphatic heterocycles. The van der Waals surface area contributed by atoms with Gasteiger partial charge in [-0.15, -0.1) is 0 Å². The number of likely N-dealkylation sites (tertiary alicyclic amines) is 1. The molecule has 0 unspecified atom stereocenters. The number of piperidine rings is 1. The molecule has 1 atom stereocenters. The number of aromatic nitrogens is 1. The molecule has 2 heterocycles. The minimum atomic E-state index is -3.54. The molecule has 1 saturated heterocycles. The van der Waals surface area contributed by atoms with Crippen LogP contribution in [0.3, 0.4) is 0 Å². The van der Waals surface area contributed by atoms with E-state index in [1.54, 1.807) is 6.07 Å². The number of carbonyl (C=O) groups excluding carboxylic acids is 1. The lowest BCUT2D eigenvalue weighted by Crippen LogP contribution is -2.40. The predicted molar refractivity (Wildman–Crippen MR) is 110 cm³/mol. The van der Waals surface area contributed by atoms with Gasteiger partial charge in [0.05, 0.1) is 10.6 Å². The molecule has 1 aromatic heterocycles. The zero-order chi connectivity index (χ0) is 20.3. The summed E-state index contributed by atoms with van der Waals surface area (Å²) in [7, 11) is -3.54. The highest BCUT2D eigenvalue weighted by Crippen LogP contribution is 2.27. The fourth-order valence-corrected chi connectivity index (χ4v) is 5.67. The number of oxazole rings is 1. The number of sulfonamides is 1. The first-order valence-corrected chi connectivity index (χ1v) is 12.1. The van der Waals surface area contributed by atoms with Crippen LogP contribution in [0.25, 0.3) is 11.1 Å². The largest absolute Gasteiger partial charge is 0.431 e. The van der Waals surface area contributed by atoms with Crippen LogP contribution in [0, 0.1) is 5.92 Å². The summed E-state index contributed by atoms with van der Waals surface area (Å²) in [5.41, 5.74) is 0.995. The normalized spacial score (nSPS) is 18.1. The van der Waals surface area contributed by atoms with Gasteiger partial charge in [-0.1, -0.05) is 32.5 Å². The number of fused-ring (bicyclic) bond motifs is 1. The number of hydrogen-bond acceptors (Lipinski definition) is 6.